The van der Waals surface area contributed by atoms with E-state index >= 15 is 0 Å². The minimum atomic E-state index is 0.428. The Bertz CT molecular complexity index is 542. The summed E-state index contributed by atoms with van der Waals surface area (Å²) < 4.78 is 1.15. The zero-order chi connectivity index (χ0) is 13.7. The highest BCUT2D eigenvalue weighted by Gasteiger charge is 2.11. The lowest BCUT2D eigenvalue weighted by Gasteiger charge is -2.16. The number of nitrogens with two attached hydrogens (primary N) is 1. The van der Waals surface area contributed by atoms with Gasteiger partial charge in [-0.3, -0.25) is 0 Å². The van der Waals surface area contributed by atoms with E-state index in [-0.39, 0.29) is 0 Å². The number of hydrogen-bond donors (Lipinski definition) is 1. The van der Waals surface area contributed by atoms with Crippen LogP contribution in [-0.4, -0.2) is 6.54 Å². The Kier molecular flexibility index (Phi) is 5.44. The number of benzene rings is 2. The van der Waals surface area contributed by atoms with E-state index in [2.05, 4.69) is 40.2 Å². The maximum Gasteiger partial charge on any atom is 0.0408 e. The molecule has 0 bridgehead atoms. The molecule has 0 aliphatic carbocycles. The molecule has 19 heavy (non-hydrogen) atoms. The molecule has 0 radical (unpaired) electrons. The molecule has 0 aromatic heterocycles. The van der Waals surface area contributed by atoms with Crippen molar-refractivity contribution in [2.24, 2.45) is 11.7 Å². The Morgan fingerprint density at radius 1 is 1.05 bits per heavy atom. The Labute approximate surface area is 127 Å². The van der Waals surface area contributed by atoms with Crippen molar-refractivity contribution in [2.75, 3.05) is 6.54 Å². The van der Waals surface area contributed by atoms with E-state index in [0.29, 0.717) is 12.5 Å². The third-order valence-corrected chi connectivity index (χ3v) is 4.22. The van der Waals surface area contributed by atoms with Crippen LogP contribution in [0.5, 0.6) is 0 Å². The van der Waals surface area contributed by atoms with Crippen molar-refractivity contribution in [1.82, 2.24) is 0 Å². The standard InChI is InChI=1S/C16H17BrClN/c17-16-7-2-1-5-14(16)9-13(11-19)8-12-4-3-6-15(18)10-12/h1-7,10,13H,8-9,11,19H2. The van der Waals surface area contributed by atoms with E-state index in [0.717, 1.165) is 22.3 Å². The van der Waals surface area contributed by atoms with Crippen molar-refractivity contribution >= 4 is 27.5 Å². The van der Waals surface area contributed by atoms with E-state index < -0.39 is 0 Å². The molecule has 1 nitrogen and oxygen atoms in total. The zero-order valence-corrected chi connectivity index (χ0v) is 13.0. The van der Waals surface area contributed by atoms with Gasteiger partial charge in [-0.2, -0.15) is 0 Å². The van der Waals surface area contributed by atoms with Gasteiger partial charge in [-0.1, -0.05) is 57.9 Å². The molecule has 1 unspecified atom stereocenters. The zero-order valence-electron chi connectivity index (χ0n) is 10.7. The third-order valence-electron chi connectivity index (χ3n) is 3.21. The van der Waals surface area contributed by atoms with Gasteiger partial charge in [-0.05, 0) is 54.6 Å². The molecule has 0 fully saturated rings. The summed E-state index contributed by atoms with van der Waals surface area (Å²) in [5, 5.41) is 0.786. The minimum Gasteiger partial charge on any atom is -0.330 e. The summed E-state index contributed by atoms with van der Waals surface area (Å²) in [5.74, 6) is 0.428. The van der Waals surface area contributed by atoms with Crippen LogP contribution in [0.2, 0.25) is 5.02 Å². The van der Waals surface area contributed by atoms with Crippen LogP contribution in [0.15, 0.2) is 53.0 Å². The molecule has 0 spiro atoms. The monoisotopic (exact) mass is 337 g/mol. The maximum absolute atomic E-state index is 6.02. The molecule has 3 heteroatoms. The Morgan fingerprint density at radius 2 is 1.84 bits per heavy atom. The molecular formula is C16H17BrClN. The van der Waals surface area contributed by atoms with Crippen LogP contribution < -0.4 is 5.73 Å². The largest absolute Gasteiger partial charge is 0.330 e. The second-order valence-corrected chi connectivity index (χ2v) is 6.02. The summed E-state index contributed by atoms with van der Waals surface area (Å²) >= 11 is 9.61. The van der Waals surface area contributed by atoms with Crippen molar-refractivity contribution in [1.29, 1.82) is 0 Å². The van der Waals surface area contributed by atoms with Gasteiger partial charge in [-0.25, -0.2) is 0 Å². The lowest BCUT2D eigenvalue weighted by Crippen LogP contribution is -2.19. The van der Waals surface area contributed by atoms with Gasteiger partial charge in [0.2, 0.25) is 0 Å². The normalized spacial score (nSPS) is 12.4. The van der Waals surface area contributed by atoms with Crippen LogP contribution in [0, 0.1) is 5.92 Å². The first-order valence-corrected chi connectivity index (χ1v) is 7.54. The Morgan fingerprint density at radius 3 is 2.53 bits per heavy atom. The molecule has 1 atom stereocenters. The Hall–Kier alpha value is -0.830. The Balaban J connectivity index is 2.07. The second kappa shape index (κ2) is 7.09. The minimum absolute atomic E-state index is 0.428. The molecule has 0 amide bonds. The van der Waals surface area contributed by atoms with Gasteiger partial charge in [0.05, 0.1) is 0 Å². The average molecular weight is 339 g/mol. The van der Waals surface area contributed by atoms with E-state index in [1.807, 2.05) is 24.3 Å². The van der Waals surface area contributed by atoms with Crippen molar-refractivity contribution < 1.29 is 0 Å². The van der Waals surface area contributed by atoms with Crippen molar-refractivity contribution in [3.8, 4) is 0 Å². The fourth-order valence-corrected chi connectivity index (χ4v) is 2.87. The number of hydrogen-bond acceptors (Lipinski definition) is 1. The molecule has 0 saturated heterocycles. The summed E-state index contributed by atoms with van der Waals surface area (Å²) in [7, 11) is 0. The van der Waals surface area contributed by atoms with Crippen LogP contribution in [0.4, 0.5) is 0 Å². The van der Waals surface area contributed by atoms with Gasteiger partial charge in [0, 0.05) is 9.50 Å². The molecular weight excluding hydrogens is 322 g/mol. The number of rotatable bonds is 5. The van der Waals surface area contributed by atoms with Gasteiger partial charge < -0.3 is 5.73 Å². The van der Waals surface area contributed by atoms with Crippen molar-refractivity contribution in [3.05, 3.63) is 69.2 Å². The molecule has 2 aromatic rings. The molecule has 0 aliphatic rings. The summed E-state index contributed by atoms with van der Waals surface area (Å²) in [6.45, 7) is 0.674. The van der Waals surface area contributed by atoms with E-state index in [4.69, 9.17) is 17.3 Å². The maximum atomic E-state index is 6.02. The van der Waals surface area contributed by atoms with Gasteiger partial charge >= 0.3 is 0 Å². The molecule has 2 rings (SSSR count). The van der Waals surface area contributed by atoms with Gasteiger partial charge in [-0.15, -0.1) is 0 Å². The predicted octanol–water partition coefficient (Wildman–Crippen LogP) is 4.46. The van der Waals surface area contributed by atoms with Crippen molar-refractivity contribution in [3.63, 3.8) is 0 Å². The highest BCUT2D eigenvalue weighted by Crippen LogP contribution is 2.22. The first-order valence-electron chi connectivity index (χ1n) is 6.37. The van der Waals surface area contributed by atoms with E-state index in [1.165, 1.54) is 11.1 Å². The lowest BCUT2D eigenvalue weighted by molar-refractivity contribution is 0.532. The summed E-state index contributed by atoms with van der Waals surface area (Å²) in [6, 6.07) is 16.3. The first kappa shape index (κ1) is 14.6. The molecule has 100 valence electrons. The smallest absolute Gasteiger partial charge is 0.0408 e. The highest BCUT2D eigenvalue weighted by molar-refractivity contribution is 9.10. The van der Waals surface area contributed by atoms with Gasteiger partial charge in [0.25, 0.3) is 0 Å². The lowest BCUT2D eigenvalue weighted by atomic mass is 9.93. The highest BCUT2D eigenvalue weighted by atomic mass is 79.9. The topological polar surface area (TPSA) is 26.0 Å². The van der Waals surface area contributed by atoms with Crippen LogP contribution in [0.25, 0.3) is 0 Å². The van der Waals surface area contributed by atoms with E-state index in [9.17, 15) is 0 Å². The first-order chi connectivity index (χ1) is 9.19. The van der Waals surface area contributed by atoms with Crippen LogP contribution in [0.1, 0.15) is 11.1 Å². The summed E-state index contributed by atoms with van der Waals surface area (Å²) in [5.41, 5.74) is 8.46. The van der Waals surface area contributed by atoms with Crippen molar-refractivity contribution in [2.45, 2.75) is 12.8 Å². The molecule has 0 heterocycles. The quantitative estimate of drug-likeness (QED) is 0.855. The predicted molar refractivity (Wildman–Crippen MR) is 85.5 cm³/mol. The molecule has 0 aliphatic heterocycles. The molecule has 2 N–H and O–H groups in total. The third kappa shape index (κ3) is 4.34. The SMILES string of the molecule is NCC(Cc1cccc(Cl)c1)Cc1ccccc1Br. The fraction of sp³-hybridized carbons (Fsp3) is 0.250. The number of halogens is 2. The van der Waals surface area contributed by atoms with Crippen LogP contribution in [-0.2, 0) is 12.8 Å². The van der Waals surface area contributed by atoms with Gasteiger partial charge in [0.15, 0.2) is 0 Å². The fourth-order valence-electron chi connectivity index (χ4n) is 2.21. The van der Waals surface area contributed by atoms with Crippen LogP contribution >= 0.6 is 27.5 Å². The van der Waals surface area contributed by atoms with Crippen LogP contribution in [0.3, 0.4) is 0 Å². The molecule has 0 saturated carbocycles. The summed E-state index contributed by atoms with van der Waals surface area (Å²) in [4.78, 5) is 0. The summed E-state index contributed by atoms with van der Waals surface area (Å²) in [6.07, 6.45) is 1.93. The molecule has 2 aromatic carbocycles. The second-order valence-electron chi connectivity index (χ2n) is 4.73. The average Bonchev–Trinajstić information content (AvgIpc) is 2.40. The van der Waals surface area contributed by atoms with E-state index in [1.54, 1.807) is 0 Å². The van der Waals surface area contributed by atoms with Gasteiger partial charge in [0.1, 0.15) is 0 Å².